The van der Waals surface area contributed by atoms with Crippen LogP contribution in [0.1, 0.15) is 31.3 Å². The van der Waals surface area contributed by atoms with Crippen LogP contribution in [-0.2, 0) is 0 Å². The molecule has 1 aliphatic heterocycles. The predicted octanol–water partition coefficient (Wildman–Crippen LogP) is 1.81. The Hall–Kier alpha value is -1.42. The Morgan fingerprint density at radius 2 is 2.06 bits per heavy atom. The van der Waals surface area contributed by atoms with E-state index < -0.39 is 0 Å². The quantitative estimate of drug-likeness (QED) is 0.747. The zero-order chi connectivity index (χ0) is 13.3. The summed E-state index contributed by atoms with van der Waals surface area (Å²) < 4.78 is 0. The van der Waals surface area contributed by atoms with Crippen molar-refractivity contribution in [3.63, 3.8) is 0 Å². The molecule has 0 amide bonds. The fraction of sp³-hybridized carbons (Fsp3) is 0.571. The number of carbonyl (C=O) groups is 1. The topological polar surface area (TPSA) is 36.4 Å². The van der Waals surface area contributed by atoms with Gasteiger partial charge in [0.15, 0.2) is 5.78 Å². The molecule has 0 saturated carbocycles. The first-order chi connectivity index (χ1) is 8.40. The lowest BCUT2D eigenvalue weighted by Gasteiger charge is -2.46. The first kappa shape index (κ1) is 13.0. The van der Waals surface area contributed by atoms with E-state index in [4.69, 9.17) is 0 Å². The van der Waals surface area contributed by atoms with Crippen LogP contribution in [0.25, 0.3) is 0 Å². The van der Waals surface area contributed by atoms with E-state index in [1.807, 2.05) is 12.1 Å². The number of pyridine rings is 1. The largest absolute Gasteiger partial charge is 0.367 e. The lowest BCUT2D eigenvalue weighted by atomic mass is 9.99. The molecule has 0 spiro atoms. The van der Waals surface area contributed by atoms with Crippen molar-refractivity contribution in [2.24, 2.45) is 0 Å². The highest BCUT2D eigenvalue weighted by atomic mass is 16.1. The molecule has 2 rings (SSSR count). The van der Waals surface area contributed by atoms with E-state index in [1.54, 1.807) is 13.1 Å². The first-order valence-electron chi connectivity index (χ1n) is 6.33. The second kappa shape index (κ2) is 4.69. The molecular formula is C14H21N3O. The first-order valence-corrected chi connectivity index (χ1v) is 6.33. The Bertz CT molecular complexity index is 439. The van der Waals surface area contributed by atoms with Crippen molar-refractivity contribution >= 4 is 11.5 Å². The molecule has 1 fully saturated rings. The number of aromatic nitrogens is 1. The maximum atomic E-state index is 11.2. The Morgan fingerprint density at radius 1 is 1.33 bits per heavy atom. The summed E-state index contributed by atoms with van der Waals surface area (Å²) in [6, 6.07) is 3.80. The van der Waals surface area contributed by atoms with Crippen LogP contribution in [0.3, 0.4) is 0 Å². The highest BCUT2D eigenvalue weighted by Crippen LogP contribution is 2.23. The zero-order valence-corrected chi connectivity index (χ0v) is 11.6. The number of piperazine rings is 1. The molecule has 0 N–H and O–H groups in total. The second-order valence-corrected chi connectivity index (χ2v) is 5.61. The normalized spacial score (nSPS) is 19.9. The molecule has 1 aliphatic rings. The minimum atomic E-state index is 0.0141. The van der Waals surface area contributed by atoms with Gasteiger partial charge in [0.05, 0.1) is 11.9 Å². The fourth-order valence-electron chi connectivity index (χ4n) is 2.24. The van der Waals surface area contributed by atoms with Gasteiger partial charge in [-0.05, 0) is 33.0 Å². The van der Waals surface area contributed by atoms with Crippen LogP contribution in [0.5, 0.6) is 0 Å². The summed E-state index contributed by atoms with van der Waals surface area (Å²) in [5.74, 6) is 0.0141. The third-order valence-corrected chi connectivity index (χ3v) is 3.79. The van der Waals surface area contributed by atoms with Crippen molar-refractivity contribution in [1.29, 1.82) is 0 Å². The van der Waals surface area contributed by atoms with Gasteiger partial charge in [0.1, 0.15) is 5.69 Å². The predicted molar refractivity (Wildman–Crippen MR) is 73.2 cm³/mol. The van der Waals surface area contributed by atoms with Crippen molar-refractivity contribution in [2.75, 3.05) is 31.6 Å². The number of nitrogens with zero attached hydrogens (tertiary/aromatic N) is 3. The van der Waals surface area contributed by atoms with Crippen molar-refractivity contribution in [3.05, 3.63) is 24.0 Å². The van der Waals surface area contributed by atoms with Gasteiger partial charge in [-0.2, -0.15) is 0 Å². The minimum Gasteiger partial charge on any atom is -0.367 e. The third-order valence-electron chi connectivity index (χ3n) is 3.79. The lowest BCUT2D eigenvalue weighted by Crippen LogP contribution is -2.57. The van der Waals surface area contributed by atoms with Gasteiger partial charge in [0.2, 0.25) is 0 Å². The van der Waals surface area contributed by atoms with Crippen LogP contribution >= 0.6 is 0 Å². The second-order valence-electron chi connectivity index (χ2n) is 5.61. The molecule has 0 aromatic carbocycles. The maximum Gasteiger partial charge on any atom is 0.178 e. The molecule has 0 bridgehead atoms. The number of likely N-dealkylation sites (N-methyl/N-ethyl adjacent to an activating group) is 1. The SMILES string of the molecule is CC(=O)c1ccc(N2CCN(C)C(C)(C)C2)cn1. The molecule has 4 heteroatoms. The van der Waals surface area contributed by atoms with E-state index in [9.17, 15) is 4.79 Å². The van der Waals surface area contributed by atoms with E-state index in [1.165, 1.54) is 0 Å². The van der Waals surface area contributed by atoms with Crippen molar-refractivity contribution < 1.29 is 4.79 Å². The number of ketones is 1. The van der Waals surface area contributed by atoms with Crippen LogP contribution in [0, 0.1) is 0 Å². The average Bonchev–Trinajstić information content (AvgIpc) is 2.33. The molecule has 1 aromatic heterocycles. The van der Waals surface area contributed by atoms with Gasteiger partial charge >= 0.3 is 0 Å². The molecule has 2 heterocycles. The van der Waals surface area contributed by atoms with E-state index >= 15 is 0 Å². The van der Waals surface area contributed by atoms with E-state index in [2.05, 4.69) is 35.7 Å². The summed E-state index contributed by atoms with van der Waals surface area (Å²) >= 11 is 0. The smallest absolute Gasteiger partial charge is 0.178 e. The Morgan fingerprint density at radius 3 is 2.56 bits per heavy atom. The van der Waals surface area contributed by atoms with Gasteiger partial charge in [0, 0.05) is 32.1 Å². The molecule has 18 heavy (non-hydrogen) atoms. The Labute approximate surface area is 109 Å². The molecule has 4 nitrogen and oxygen atoms in total. The Kier molecular flexibility index (Phi) is 3.39. The van der Waals surface area contributed by atoms with Crippen LogP contribution in [0.4, 0.5) is 5.69 Å². The van der Waals surface area contributed by atoms with E-state index in [0.717, 1.165) is 25.3 Å². The molecule has 0 radical (unpaired) electrons. The van der Waals surface area contributed by atoms with Crippen LogP contribution in [-0.4, -0.2) is 47.9 Å². The summed E-state index contributed by atoms with van der Waals surface area (Å²) in [6.45, 7) is 9.06. The maximum absolute atomic E-state index is 11.2. The summed E-state index contributed by atoms with van der Waals surface area (Å²) in [4.78, 5) is 20.1. The van der Waals surface area contributed by atoms with Crippen LogP contribution in [0.2, 0.25) is 0 Å². The number of carbonyl (C=O) groups excluding carboxylic acids is 1. The van der Waals surface area contributed by atoms with Gasteiger partial charge in [-0.25, -0.2) is 0 Å². The number of anilines is 1. The standard InChI is InChI=1S/C14H21N3O/c1-11(18)13-6-5-12(9-15-13)17-8-7-16(4)14(2,3)10-17/h5-6,9H,7-8,10H2,1-4H3. The zero-order valence-electron chi connectivity index (χ0n) is 11.6. The lowest BCUT2D eigenvalue weighted by molar-refractivity contribution is 0.101. The van der Waals surface area contributed by atoms with Gasteiger partial charge in [-0.3, -0.25) is 14.7 Å². The molecule has 0 aliphatic carbocycles. The molecule has 0 unspecified atom stereocenters. The minimum absolute atomic E-state index is 0.0141. The van der Waals surface area contributed by atoms with Crippen molar-refractivity contribution in [2.45, 2.75) is 26.3 Å². The number of hydrogen-bond acceptors (Lipinski definition) is 4. The molecule has 0 atom stereocenters. The average molecular weight is 247 g/mol. The number of hydrogen-bond donors (Lipinski definition) is 0. The summed E-state index contributed by atoms with van der Waals surface area (Å²) in [5.41, 5.74) is 1.80. The van der Waals surface area contributed by atoms with Crippen molar-refractivity contribution in [1.82, 2.24) is 9.88 Å². The highest BCUT2D eigenvalue weighted by Gasteiger charge is 2.31. The van der Waals surface area contributed by atoms with Crippen molar-refractivity contribution in [3.8, 4) is 0 Å². The summed E-state index contributed by atoms with van der Waals surface area (Å²) in [7, 11) is 2.16. The van der Waals surface area contributed by atoms with Crippen LogP contribution in [0.15, 0.2) is 18.3 Å². The summed E-state index contributed by atoms with van der Waals surface area (Å²) in [5, 5.41) is 0. The molecular weight excluding hydrogens is 226 g/mol. The highest BCUT2D eigenvalue weighted by molar-refractivity contribution is 5.92. The van der Waals surface area contributed by atoms with E-state index in [-0.39, 0.29) is 11.3 Å². The molecule has 1 aromatic rings. The third kappa shape index (κ3) is 2.53. The van der Waals surface area contributed by atoms with Gasteiger partial charge in [0.25, 0.3) is 0 Å². The van der Waals surface area contributed by atoms with Gasteiger partial charge < -0.3 is 4.90 Å². The number of Topliss-reactive ketones (excluding diaryl/α,β-unsaturated/α-hetero) is 1. The van der Waals surface area contributed by atoms with Crippen LogP contribution < -0.4 is 4.90 Å². The number of rotatable bonds is 2. The van der Waals surface area contributed by atoms with E-state index in [0.29, 0.717) is 5.69 Å². The van der Waals surface area contributed by atoms with Gasteiger partial charge in [-0.1, -0.05) is 0 Å². The molecule has 98 valence electrons. The molecule has 1 saturated heterocycles. The fourth-order valence-corrected chi connectivity index (χ4v) is 2.24. The monoisotopic (exact) mass is 247 g/mol. The van der Waals surface area contributed by atoms with Gasteiger partial charge in [-0.15, -0.1) is 0 Å². The Balaban J connectivity index is 2.15. The summed E-state index contributed by atoms with van der Waals surface area (Å²) in [6.07, 6.45) is 1.80.